The first-order valence-corrected chi connectivity index (χ1v) is 19.2. The smallest absolute Gasteiger partial charge is 0.353 e. The Bertz CT molecular complexity index is 1900. The molecule has 4 heterocycles. The van der Waals surface area contributed by atoms with Crippen molar-refractivity contribution in [3.05, 3.63) is 89.7 Å². The minimum absolute atomic E-state index is 0. The number of carbonyl (C=O) groups excluding carboxylic acids is 2. The molecule has 0 spiro atoms. The summed E-state index contributed by atoms with van der Waals surface area (Å²) in [6.45, 7) is 8.69. The molecule has 4 aromatic heterocycles. The molecule has 3 N–H and O–H groups in total. The number of esters is 2. The van der Waals surface area contributed by atoms with Crippen molar-refractivity contribution in [3.8, 4) is 0 Å². The van der Waals surface area contributed by atoms with Crippen molar-refractivity contribution in [1.29, 1.82) is 0 Å². The summed E-state index contributed by atoms with van der Waals surface area (Å²) >= 11 is 13.4. The van der Waals surface area contributed by atoms with Crippen molar-refractivity contribution in [2.45, 2.75) is 51.1 Å². The molecule has 0 amide bonds. The fourth-order valence-electron chi connectivity index (χ4n) is 4.06. The van der Waals surface area contributed by atoms with Gasteiger partial charge in [0.15, 0.2) is 10.3 Å². The number of hydrogen-bond donors (Lipinski definition) is 2. The molecular formula is C32H40Cl2FN11O8S2. The summed E-state index contributed by atoms with van der Waals surface area (Å²) in [7, 11) is 0. The summed E-state index contributed by atoms with van der Waals surface area (Å²) in [5, 5.41) is 25.0. The van der Waals surface area contributed by atoms with E-state index in [1.165, 1.54) is 28.4 Å². The first-order valence-electron chi connectivity index (χ1n) is 16.0. The van der Waals surface area contributed by atoms with Crippen molar-refractivity contribution in [1.82, 2.24) is 35.2 Å². The van der Waals surface area contributed by atoms with Gasteiger partial charge in [-0.1, -0.05) is 58.9 Å². The lowest BCUT2D eigenvalue weighted by atomic mass is 10.2. The van der Waals surface area contributed by atoms with Crippen LogP contribution in [0.15, 0.2) is 47.0 Å². The van der Waals surface area contributed by atoms with E-state index in [1.54, 1.807) is 38.8 Å². The van der Waals surface area contributed by atoms with Crippen LogP contribution in [0.1, 0.15) is 36.4 Å². The van der Waals surface area contributed by atoms with E-state index >= 15 is 0 Å². The molecule has 0 aliphatic heterocycles. The highest BCUT2D eigenvalue weighted by molar-refractivity contribution is 7.98. The molecule has 304 valence electrons. The molecule has 0 atom stereocenters. The molecule has 0 aliphatic carbocycles. The third kappa shape index (κ3) is 16.4. The summed E-state index contributed by atoms with van der Waals surface area (Å²) in [4.78, 5) is 68.9. The van der Waals surface area contributed by atoms with E-state index < -0.39 is 27.2 Å². The third-order valence-electron chi connectivity index (χ3n) is 6.53. The van der Waals surface area contributed by atoms with E-state index in [9.17, 15) is 29.8 Å². The quantitative estimate of drug-likeness (QED) is 0.0370. The molecule has 0 bridgehead atoms. The van der Waals surface area contributed by atoms with Crippen LogP contribution < -0.4 is 16.0 Å². The predicted octanol–water partition coefficient (Wildman–Crippen LogP) is 5.57. The molecule has 0 unspecified atom stereocenters. The number of nitrogens with one attached hydrogen (secondary N) is 1. The van der Waals surface area contributed by atoms with Crippen molar-refractivity contribution in [3.63, 3.8) is 0 Å². The second-order valence-electron chi connectivity index (χ2n) is 10.6. The molecule has 0 saturated heterocycles. The van der Waals surface area contributed by atoms with Crippen LogP contribution in [-0.2, 0) is 32.2 Å². The average Bonchev–Trinajstić information content (AvgIpc) is 3.12. The zero-order valence-electron chi connectivity index (χ0n) is 31.1. The molecule has 0 aliphatic rings. The number of halogens is 3. The largest absolute Gasteiger partial charge is 0.465 e. The number of hydrogen-bond acceptors (Lipinski definition) is 19. The van der Waals surface area contributed by atoms with Crippen molar-refractivity contribution in [2.24, 2.45) is 0 Å². The van der Waals surface area contributed by atoms with Crippen LogP contribution in [0.3, 0.4) is 0 Å². The Hall–Kier alpha value is -5.03. The maximum absolute atomic E-state index is 12.1. The molecule has 0 aromatic carbocycles. The standard InChI is InChI=1S/C16H20N6O4S.C11H16N2O2.C5H3Cl2N3O2S.FH/c1-4-26-12(23)9-21(8-11-6-5-10(2)18-7-11)15-13(22(24)25)14(17)19-16(20-15)27-3;1-3-15-11(14)8-12-6-10-5-4-9(2)13-7-10;1-13-5-8-3(6)2(10(11)12)4(7)9-5;/h5-7H,4,8-9H2,1-3H3,(H2,17,19,20);4-5,7,12H,3,6,8H2,1-2H3;1H3;1H. The number of thioether (sulfide) groups is 2. The number of nitro groups is 2. The van der Waals surface area contributed by atoms with Crippen LogP contribution in [0, 0.1) is 34.1 Å². The lowest BCUT2D eigenvalue weighted by molar-refractivity contribution is -0.385. The first-order chi connectivity index (χ1) is 26.1. The molecule has 4 aromatic rings. The summed E-state index contributed by atoms with van der Waals surface area (Å²) in [5.74, 6) is -1.05. The van der Waals surface area contributed by atoms with Gasteiger partial charge in [-0.3, -0.25) is 44.5 Å². The van der Waals surface area contributed by atoms with E-state index in [1.807, 2.05) is 38.1 Å². The number of aryl methyl sites for hydroxylation is 2. The molecular weight excluding hydrogens is 820 g/mol. The highest BCUT2D eigenvalue weighted by Gasteiger charge is 2.29. The van der Waals surface area contributed by atoms with Crippen LogP contribution in [-0.4, -0.2) is 90.5 Å². The number of nitrogens with zero attached hydrogens (tertiary/aromatic N) is 9. The highest BCUT2D eigenvalue weighted by atomic mass is 35.5. The molecule has 0 radical (unpaired) electrons. The maximum Gasteiger partial charge on any atom is 0.353 e. The first kappa shape index (κ1) is 49.0. The summed E-state index contributed by atoms with van der Waals surface area (Å²) in [6.07, 6.45) is 6.88. The van der Waals surface area contributed by atoms with E-state index in [0.717, 1.165) is 22.5 Å². The van der Waals surface area contributed by atoms with E-state index in [-0.39, 0.29) is 64.0 Å². The average molecular weight is 861 g/mol. The number of carbonyl (C=O) groups is 2. The Morgan fingerprint density at radius 2 is 1.32 bits per heavy atom. The number of ether oxygens (including phenoxy) is 2. The van der Waals surface area contributed by atoms with Gasteiger partial charge in [-0.25, -0.2) is 9.97 Å². The van der Waals surface area contributed by atoms with Gasteiger partial charge in [-0.05, 0) is 63.5 Å². The minimum Gasteiger partial charge on any atom is -0.465 e. The molecule has 4 rings (SSSR count). The normalized spacial score (nSPS) is 10.1. The number of rotatable bonds is 15. The Morgan fingerprint density at radius 3 is 1.79 bits per heavy atom. The van der Waals surface area contributed by atoms with Crippen LogP contribution in [0.4, 0.5) is 27.7 Å². The molecule has 56 heavy (non-hydrogen) atoms. The van der Waals surface area contributed by atoms with Gasteiger partial charge in [0.05, 0.1) is 29.6 Å². The molecule has 0 fully saturated rings. The van der Waals surface area contributed by atoms with Crippen LogP contribution in [0.25, 0.3) is 0 Å². The van der Waals surface area contributed by atoms with Crippen LogP contribution in [0.5, 0.6) is 0 Å². The van der Waals surface area contributed by atoms with E-state index in [4.69, 9.17) is 38.4 Å². The molecule has 19 nitrogen and oxygen atoms in total. The minimum atomic E-state index is -0.714. The number of nitrogens with two attached hydrogens (primary N) is 1. The zero-order valence-corrected chi connectivity index (χ0v) is 34.2. The van der Waals surface area contributed by atoms with Crippen LogP contribution in [0.2, 0.25) is 10.3 Å². The second kappa shape index (κ2) is 25.2. The van der Waals surface area contributed by atoms with Gasteiger partial charge in [-0.15, -0.1) is 0 Å². The van der Waals surface area contributed by atoms with Crippen molar-refractivity contribution < 1.29 is 33.6 Å². The highest BCUT2D eigenvalue weighted by Crippen LogP contribution is 2.34. The van der Waals surface area contributed by atoms with Gasteiger partial charge < -0.3 is 25.4 Å². The van der Waals surface area contributed by atoms with E-state index in [2.05, 4.69) is 35.2 Å². The SMILES string of the molecule is CCOC(=O)CN(Cc1ccc(C)nc1)c1nc(SC)nc(N)c1[N+](=O)[O-].CCOC(=O)CNCc1ccc(C)nc1.CSc1nc(Cl)c([N+](=O)[O-])c(Cl)n1.F. The van der Waals surface area contributed by atoms with Crippen molar-refractivity contribution in [2.75, 3.05) is 49.4 Å². The Morgan fingerprint density at radius 1 is 0.821 bits per heavy atom. The third-order valence-corrected chi connectivity index (χ3v) is 8.15. The Labute approximate surface area is 339 Å². The monoisotopic (exact) mass is 859 g/mol. The van der Waals surface area contributed by atoms with Gasteiger partial charge in [0.25, 0.3) is 0 Å². The lowest BCUT2D eigenvalue weighted by Crippen LogP contribution is -2.32. The molecule has 24 heteroatoms. The Kier molecular flexibility index (Phi) is 22.0. The van der Waals surface area contributed by atoms with Gasteiger partial charge >= 0.3 is 23.3 Å². The van der Waals surface area contributed by atoms with E-state index in [0.29, 0.717) is 18.3 Å². The van der Waals surface area contributed by atoms with Gasteiger partial charge in [0.2, 0.25) is 21.9 Å². The Balaban J connectivity index is 0.000000457. The van der Waals surface area contributed by atoms with Gasteiger partial charge in [0.1, 0.15) is 6.54 Å². The van der Waals surface area contributed by atoms with Crippen molar-refractivity contribution >= 4 is 81.7 Å². The second-order valence-corrected chi connectivity index (χ2v) is 12.9. The topological polar surface area (TPSA) is 258 Å². The number of pyridine rings is 2. The van der Waals surface area contributed by atoms with Gasteiger partial charge in [0, 0.05) is 36.9 Å². The fraction of sp³-hybridized carbons (Fsp3) is 0.375. The number of anilines is 2. The predicted molar refractivity (Wildman–Crippen MR) is 212 cm³/mol. The maximum atomic E-state index is 12.1. The number of nitrogen functional groups attached to an aromatic ring is 1. The fourth-order valence-corrected chi connectivity index (χ4v) is 5.41. The van der Waals surface area contributed by atoms with Crippen LogP contribution >= 0.6 is 46.7 Å². The molecule has 0 saturated carbocycles. The van der Waals surface area contributed by atoms with Gasteiger partial charge in [-0.2, -0.15) is 9.97 Å². The summed E-state index contributed by atoms with van der Waals surface area (Å²) in [5.41, 5.74) is 8.51. The summed E-state index contributed by atoms with van der Waals surface area (Å²) in [6, 6.07) is 7.57. The number of aromatic nitrogens is 6. The summed E-state index contributed by atoms with van der Waals surface area (Å²) < 4.78 is 9.77. The lowest BCUT2D eigenvalue weighted by Gasteiger charge is -2.23. The zero-order chi connectivity index (χ0) is 41.1.